The van der Waals surface area contributed by atoms with Gasteiger partial charge in [-0.3, -0.25) is 4.79 Å². The van der Waals surface area contributed by atoms with E-state index in [2.05, 4.69) is 13.8 Å². The van der Waals surface area contributed by atoms with Gasteiger partial charge in [0, 0.05) is 11.4 Å². The van der Waals surface area contributed by atoms with E-state index < -0.39 is 0 Å². The van der Waals surface area contributed by atoms with Gasteiger partial charge in [0.25, 0.3) is 0 Å². The summed E-state index contributed by atoms with van der Waals surface area (Å²) in [5.41, 5.74) is 2.02. The quantitative estimate of drug-likeness (QED) is 0.758. The Kier molecular flexibility index (Phi) is 5.67. The molecule has 0 aliphatic carbocycles. The van der Waals surface area contributed by atoms with Crippen molar-refractivity contribution in [2.75, 3.05) is 6.61 Å². The van der Waals surface area contributed by atoms with Crippen LogP contribution in [0.4, 0.5) is 0 Å². The SMILES string of the molecule is CCCC(=O)COc1cc(C(C)C)c(Cl)cc1C. The lowest BCUT2D eigenvalue weighted by Crippen LogP contribution is -2.11. The molecular formula is C15H21ClO2. The van der Waals surface area contributed by atoms with Crippen molar-refractivity contribution in [1.29, 1.82) is 0 Å². The normalized spacial score (nSPS) is 10.8. The first-order chi connectivity index (χ1) is 8.45. The van der Waals surface area contributed by atoms with E-state index in [1.54, 1.807) is 0 Å². The lowest BCUT2D eigenvalue weighted by Gasteiger charge is -2.14. The molecule has 1 rings (SSSR count). The van der Waals surface area contributed by atoms with Crippen LogP contribution >= 0.6 is 11.6 Å². The molecule has 18 heavy (non-hydrogen) atoms. The molecule has 2 nitrogen and oxygen atoms in total. The molecule has 0 saturated heterocycles. The van der Waals surface area contributed by atoms with Gasteiger partial charge in [0.1, 0.15) is 12.4 Å². The molecular weight excluding hydrogens is 248 g/mol. The minimum absolute atomic E-state index is 0.137. The van der Waals surface area contributed by atoms with Gasteiger partial charge in [-0.2, -0.15) is 0 Å². The average molecular weight is 269 g/mol. The number of ether oxygens (including phenoxy) is 1. The summed E-state index contributed by atoms with van der Waals surface area (Å²) in [7, 11) is 0. The molecule has 0 atom stereocenters. The second kappa shape index (κ2) is 6.79. The molecule has 0 N–H and O–H groups in total. The molecule has 0 bridgehead atoms. The third kappa shape index (κ3) is 4.02. The van der Waals surface area contributed by atoms with Gasteiger partial charge in [0.15, 0.2) is 5.78 Å². The van der Waals surface area contributed by atoms with Crippen LogP contribution in [-0.2, 0) is 4.79 Å². The Bertz CT molecular complexity index is 425. The van der Waals surface area contributed by atoms with E-state index in [-0.39, 0.29) is 12.4 Å². The number of hydrogen-bond acceptors (Lipinski definition) is 2. The predicted molar refractivity (Wildman–Crippen MR) is 75.7 cm³/mol. The van der Waals surface area contributed by atoms with E-state index in [9.17, 15) is 4.79 Å². The fraction of sp³-hybridized carbons (Fsp3) is 0.533. The third-order valence-electron chi connectivity index (χ3n) is 2.83. The maximum absolute atomic E-state index is 11.5. The molecule has 0 aromatic heterocycles. The van der Waals surface area contributed by atoms with Gasteiger partial charge >= 0.3 is 0 Å². The van der Waals surface area contributed by atoms with Crippen LogP contribution < -0.4 is 4.74 Å². The van der Waals surface area contributed by atoms with Crippen molar-refractivity contribution in [1.82, 2.24) is 0 Å². The van der Waals surface area contributed by atoms with Crippen molar-refractivity contribution in [3.05, 3.63) is 28.3 Å². The molecule has 1 aromatic rings. The molecule has 0 aliphatic rings. The Hall–Kier alpha value is -1.02. The second-order valence-electron chi connectivity index (χ2n) is 4.87. The van der Waals surface area contributed by atoms with Gasteiger partial charge in [-0.1, -0.05) is 32.4 Å². The highest BCUT2D eigenvalue weighted by Crippen LogP contribution is 2.31. The lowest BCUT2D eigenvalue weighted by molar-refractivity contribution is -0.121. The van der Waals surface area contributed by atoms with Crippen LogP contribution in [0.25, 0.3) is 0 Å². The van der Waals surface area contributed by atoms with Gasteiger partial charge in [-0.05, 0) is 42.5 Å². The first-order valence-corrected chi connectivity index (χ1v) is 6.78. The molecule has 0 heterocycles. The standard InChI is InChI=1S/C15H21ClO2/c1-5-6-12(17)9-18-15-8-13(10(2)3)14(16)7-11(15)4/h7-8,10H,5-6,9H2,1-4H3. The summed E-state index contributed by atoms with van der Waals surface area (Å²) in [6, 6.07) is 3.85. The molecule has 0 unspecified atom stereocenters. The highest BCUT2D eigenvalue weighted by Gasteiger charge is 2.11. The van der Waals surface area contributed by atoms with Crippen molar-refractivity contribution in [3.8, 4) is 5.75 Å². The number of carbonyl (C=O) groups excluding carboxylic acids is 1. The topological polar surface area (TPSA) is 26.3 Å². The van der Waals surface area contributed by atoms with E-state index in [4.69, 9.17) is 16.3 Å². The molecule has 0 fully saturated rings. The fourth-order valence-electron chi connectivity index (χ4n) is 1.78. The molecule has 0 amide bonds. The van der Waals surface area contributed by atoms with Crippen LogP contribution in [0.2, 0.25) is 5.02 Å². The van der Waals surface area contributed by atoms with Crippen LogP contribution in [0.3, 0.4) is 0 Å². The summed E-state index contributed by atoms with van der Waals surface area (Å²) in [4.78, 5) is 11.5. The van der Waals surface area contributed by atoms with Crippen LogP contribution in [0.5, 0.6) is 5.75 Å². The zero-order valence-corrected chi connectivity index (χ0v) is 12.3. The number of rotatable bonds is 6. The monoisotopic (exact) mass is 268 g/mol. The van der Waals surface area contributed by atoms with Crippen molar-refractivity contribution >= 4 is 17.4 Å². The summed E-state index contributed by atoms with van der Waals surface area (Å²) < 4.78 is 5.59. The first-order valence-electron chi connectivity index (χ1n) is 6.40. The summed E-state index contributed by atoms with van der Waals surface area (Å²) in [6.45, 7) is 8.25. The number of aryl methyl sites for hydroxylation is 1. The van der Waals surface area contributed by atoms with Gasteiger partial charge in [-0.25, -0.2) is 0 Å². The van der Waals surface area contributed by atoms with Gasteiger partial charge in [-0.15, -0.1) is 0 Å². The van der Waals surface area contributed by atoms with Crippen molar-refractivity contribution < 1.29 is 9.53 Å². The van der Waals surface area contributed by atoms with Crippen molar-refractivity contribution in [2.45, 2.75) is 46.5 Å². The lowest BCUT2D eigenvalue weighted by atomic mass is 10.0. The van der Waals surface area contributed by atoms with Crippen LogP contribution in [0.1, 0.15) is 50.7 Å². The molecule has 0 radical (unpaired) electrons. The molecule has 0 saturated carbocycles. The van der Waals surface area contributed by atoms with Crippen LogP contribution in [0.15, 0.2) is 12.1 Å². The zero-order valence-electron chi connectivity index (χ0n) is 11.5. The highest BCUT2D eigenvalue weighted by atomic mass is 35.5. The van der Waals surface area contributed by atoms with E-state index in [0.29, 0.717) is 12.3 Å². The van der Waals surface area contributed by atoms with Gasteiger partial charge in [0.2, 0.25) is 0 Å². The number of hydrogen-bond donors (Lipinski definition) is 0. The second-order valence-corrected chi connectivity index (χ2v) is 5.28. The van der Waals surface area contributed by atoms with E-state index in [1.165, 1.54) is 0 Å². The Morgan fingerprint density at radius 2 is 2.06 bits per heavy atom. The van der Waals surface area contributed by atoms with Crippen LogP contribution in [0, 0.1) is 6.92 Å². The van der Waals surface area contributed by atoms with E-state index in [0.717, 1.165) is 28.3 Å². The molecule has 1 aromatic carbocycles. The largest absolute Gasteiger partial charge is 0.486 e. The Morgan fingerprint density at radius 3 is 2.61 bits per heavy atom. The van der Waals surface area contributed by atoms with Gasteiger partial charge < -0.3 is 4.74 Å². The van der Waals surface area contributed by atoms with E-state index in [1.807, 2.05) is 26.0 Å². The zero-order chi connectivity index (χ0) is 13.7. The summed E-state index contributed by atoms with van der Waals surface area (Å²) in [5.74, 6) is 1.23. The fourth-order valence-corrected chi connectivity index (χ4v) is 2.21. The summed E-state index contributed by atoms with van der Waals surface area (Å²) >= 11 is 6.19. The Labute approximate surface area is 114 Å². The average Bonchev–Trinajstić information content (AvgIpc) is 2.27. The highest BCUT2D eigenvalue weighted by molar-refractivity contribution is 6.31. The Balaban J connectivity index is 2.82. The molecule has 3 heteroatoms. The van der Waals surface area contributed by atoms with Gasteiger partial charge in [0.05, 0.1) is 0 Å². The number of halogens is 1. The third-order valence-corrected chi connectivity index (χ3v) is 3.16. The Morgan fingerprint density at radius 1 is 1.39 bits per heavy atom. The maximum Gasteiger partial charge on any atom is 0.170 e. The molecule has 0 spiro atoms. The molecule has 100 valence electrons. The predicted octanol–water partition coefficient (Wildman–Crippen LogP) is 4.52. The van der Waals surface area contributed by atoms with Crippen molar-refractivity contribution in [3.63, 3.8) is 0 Å². The van der Waals surface area contributed by atoms with E-state index >= 15 is 0 Å². The number of carbonyl (C=O) groups is 1. The first kappa shape index (κ1) is 15.0. The smallest absolute Gasteiger partial charge is 0.170 e. The van der Waals surface area contributed by atoms with Crippen LogP contribution in [-0.4, -0.2) is 12.4 Å². The van der Waals surface area contributed by atoms with Crippen molar-refractivity contribution in [2.24, 2.45) is 0 Å². The number of Topliss-reactive ketones (excluding diaryl/α,β-unsaturated/α-hetero) is 1. The maximum atomic E-state index is 11.5. The summed E-state index contributed by atoms with van der Waals surface area (Å²) in [5, 5.41) is 0.759. The number of benzene rings is 1. The minimum Gasteiger partial charge on any atom is -0.486 e. The number of ketones is 1. The summed E-state index contributed by atoms with van der Waals surface area (Å²) in [6.07, 6.45) is 1.43. The minimum atomic E-state index is 0.137. The molecule has 0 aliphatic heterocycles.